The minimum Gasteiger partial charge on any atom is -0.493 e. The Hall–Kier alpha value is -7.28. The van der Waals surface area contributed by atoms with Gasteiger partial charge in [-0.15, -0.1) is 0 Å². The number of piperidine rings is 1. The van der Waals surface area contributed by atoms with E-state index in [-0.39, 0.29) is 71.8 Å². The molecule has 14 rings (SSSR count). The van der Waals surface area contributed by atoms with Gasteiger partial charge in [0.25, 0.3) is 21.6 Å². The van der Waals surface area contributed by atoms with Crippen molar-refractivity contribution in [2.24, 2.45) is 11.3 Å². The zero-order valence-corrected chi connectivity index (χ0v) is 51.3. The lowest BCUT2D eigenvalue weighted by Gasteiger charge is -2.58. The van der Waals surface area contributed by atoms with Gasteiger partial charge in [-0.3, -0.25) is 24.7 Å². The van der Waals surface area contributed by atoms with Crippen LogP contribution in [0.1, 0.15) is 104 Å². The van der Waals surface area contributed by atoms with E-state index in [0.29, 0.717) is 68.4 Å². The Morgan fingerprint density at radius 2 is 1.73 bits per heavy atom. The largest absolute Gasteiger partial charge is 0.493 e. The molecular formula is C65H79N11O11S. The summed E-state index contributed by atoms with van der Waals surface area (Å²) < 4.78 is 67.3. The van der Waals surface area contributed by atoms with Gasteiger partial charge in [-0.2, -0.15) is 4.98 Å². The van der Waals surface area contributed by atoms with Crippen molar-refractivity contribution in [3.63, 3.8) is 0 Å². The summed E-state index contributed by atoms with van der Waals surface area (Å²) >= 11 is 0. The molecule has 3 N–H and O–H groups in total. The van der Waals surface area contributed by atoms with Crippen molar-refractivity contribution >= 4 is 61.2 Å². The van der Waals surface area contributed by atoms with Crippen LogP contribution in [0.5, 0.6) is 17.4 Å². The molecule has 1 spiro atoms. The fourth-order valence-corrected chi connectivity index (χ4v) is 16.6. The quantitative estimate of drug-likeness (QED) is 0.0682. The highest BCUT2D eigenvalue weighted by Crippen LogP contribution is 2.54. The molecule has 0 radical (unpaired) electrons. The highest BCUT2D eigenvalue weighted by molar-refractivity contribution is 7.90. The lowest BCUT2D eigenvalue weighted by Crippen LogP contribution is -2.60. The van der Waals surface area contributed by atoms with Crippen LogP contribution in [0.4, 0.5) is 34.3 Å². The number of aromatic nitrogens is 3. The van der Waals surface area contributed by atoms with Gasteiger partial charge < -0.3 is 53.4 Å². The number of rotatable bonds is 14. The number of anilines is 5. The van der Waals surface area contributed by atoms with Gasteiger partial charge in [-0.1, -0.05) is 31.2 Å². The summed E-state index contributed by atoms with van der Waals surface area (Å²) in [5.74, 6) is 1.33. The van der Waals surface area contributed by atoms with Gasteiger partial charge in [0.05, 0.1) is 66.1 Å². The molecular weight excluding hydrogens is 1140 g/mol. The normalized spacial score (nSPS) is 24.7. The maximum atomic E-state index is 15.0. The molecule has 8 aliphatic rings. The third kappa shape index (κ3) is 10.9. The lowest BCUT2D eigenvalue weighted by molar-refractivity contribution is -0.384. The standard InChI is InChI=1S/C65H79N11O11S/c1-5-51(44-29-58(82-4)62(67-35-44)73-23-27-85-37-41(73)3)72-21-22-74(56(36-72)48-9-7-6-8-40(48)2)46-33-65(34-46)16-19-71(20-17-65)45-10-11-49(53(30-45)75-52-15-26-84-39-59(52)87-64-55(75)28-43-12-18-66-61(43)69-64)63(77)70-88(80,81)47-31-54(76(78)79)60-57(32-47)86-38-50(68-60)42-13-24-83-25-14-42/h6-12,18,28-32,35,41-42,46,50-52,56,59,68H,5,13-17,19-27,33-34,36-39H2,1-4H3,(H,66,69)(H,70,77)/t41-,50-,51?,52-,56-,59-/m0/s1. The monoisotopic (exact) mass is 1220 g/mol. The third-order valence-electron chi connectivity index (χ3n) is 20.4. The average Bonchev–Trinajstić information content (AvgIpc) is 2.42. The zero-order chi connectivity index (χ0) is 60.4. The molecule has 3 aromatic heterocycles. The van der Waals surface area contributed by atoms with Gasteiger partial charge in [0, 0.05) is 113 Å². The van der Waals surface area contributed by atoms with E-state index in [1.165, 1.54) is 22.8 Å². The van der Waals surface area contributed by atoms with E-state index < -0.39 is 37.5 Å². The summed E-state index contributed by atoms with van der Waals surface area (Å²) in [5.41, 5.74) is 6.45. The highest BCUT2D eigenvalue weighted by Gasteiger charge is 2.51. The van der Waals surface area contributed by atoms with Crippen molar-refractivity contribution in [3.8, 4) is 17.4 Å². The second kappa shape index (κ2) is 23.9. The summed E-state index contributed by atoms with van der Waals surface area (Å²) in [5, 5.41) is 16.8. The molecule has 1 saturated carbocycles. The Kier molecular flexibility index (Phi) is 15.9. The second-order valence-electron chi connectivity index (χ2n) is 25.4. The number of piperazine rings is 1. The Balaban J connectivity index is 0.718. The molecule has 6 fully saturated rings. The number of nitrogens with one attached hydrogen (secondary N) is 3. The molecule has 1 unspecified atom stereocenters. The van der Waals surface area contributed by atoms with Crippen molar-refractivity contribution in [1.82, 2.24) is 29.5 Å². The maximum Gasteiger partial charge on any atom is 0.297 e. The third-order valence-corrected chi connectivity index (χ3v) is 21.7. The number of aromatic amines is 1. The Labute approximate surface area is 513 Å². The summed E-state index contributed by atoms with van der Waals surface area (Å²) in [6.07, 6.45) is 10.7. The first kappa shape index (κ1) is 58.4. The van der Waals surface area contributed by atoms with Crippen LogP contribution in [-0.2, 0) is 24.2 Å². The number of carbonyl (C=O) groups excluding carboxylic acids is 1. The van der Waals surface area contributed by atoms with Crippen molar-refractivity contribution < 1.29 is 46.6 Å². The first-order valence-electron chi connectivity index (χ1n) is 31.5. The molecule has 22 nitrogen and oxygen atoms in total. The number of pyridine rings is 2. The fourth-order valence-electron chi connectivity index (χ4n) is 15.6. The van der Waals surface area contributed by atoms with Gasteiger partial charge in [0.15, 0.2) is 23.0 Å². The number of amides is 1. The molecule has 6 atom stereocenters. The molecule has 0 bridgehead atoms. The van der Waals surface area contributed by atoms with Crippen molar-refractivity contribution in [1.29, 1.82) is 0 Å². The Bertz CT molecular complexity index is 3720. The molecule has 466 valence electrons. The average molecular weight is 1220 g/mol. The van der Waals surface area contributed by atoms with Crippen molar-refractivity contribution in [2.45, 2.75) is 119 Å². The van der Waals surface area contributed by atoms with Gasteiger partial charge in [0.1, 0.15) is 24.0 Å². The topological polar surface area (TPSA) is 232 Å². The van der Waals surface area contributed by atoms with E-state index in [1.54, 1.807) is 13.2 Å². The van der Waals surface area contributed by atoms with Crippen molar-refractivity contribution in [3.05, 3.63) is 118 Å². The number of nitro benzene ring substituents is 1. The Morgan fingerprint density at radius 3 is 2.51 bits per heavy atom. The van der Waals surface area contributed by atoms with Crippen LogP contribution in [-0.4, -0.2) is 167 Å². The number of sulfonamides is 1. The van der Waals surface area contributed by atoms with Crippen LogP contribution in [0.3, 0.4) is 0 Å². The van der Waals surface area contributed by atoms with Gasteiger partial charge in [-0.05, 0) is 130 Å². The Morgan fingerprint density at radius 1 is 0.920 bits per heavy atom. The lowest BCUT2D eigenvalue weighted by atomic mass is 9.59. The number of methoxy groups -OCH3 is 1. The van der Waals surface area contributed by atoms with Crippen LogP contribution in [0.2, 0.25) is 0 Å². The van der Waals surface area contributed by atoms with E-state index in [4.69, 9.17) is 38.4 Å². The number of fused-ring (bicyclic) bond motifs is 4. The van der Waals surface area contributed by atoms with Gasteiger partial charge in [0.2, 0.25) is 5.88 Å². The molecule has 23 heteroatoms. The summed E-state index contributed by atoms with van der Waals surface area (Å²) in [4.78, 5) is 51.9. The SMILES string of the molecule is CCC(c1cnc(N2CCOC[C@@H]2C)c(OC)c1)N1CCN(C2CC3(CCN(c4ccc(C(=O)NS(=O)(=O)c5cc6c(c([N+](=O)[O-])c5)N[C@H](C5CCOCC5)CO6)c(N5c6cc7cc[nH]c7nc6O[C@H]6COCC[C@@H]65)c4)CC3)C2)[C@H](c2ccccc2C)C1. The summed E-state index contributed by atoms with van der Waals surface area (Å²) in [7, 11) is -2.98. The molecule has 1 aliphatic carbocycles. The summed E-state index contributed by atoms with van der Waals surface area (Å²) in [6, 6.07) is 23.4. The predicted octanol–water partition coefficient (Wildman–Crippen LogP) is 9.07. The van der Waals surface area contributed by atoms with Gasteiger partial charge in [-0.25, -0.2) is 18.1 Å². The first-order valence-corrected chi connectivity index (χ1v) is 32.9. The smallest absolute Gasteiger partial charge is 0.297 e. The van der Waals surface area contributed by atoms with E-state index >= 15 is 0 Å². The molecule has 5 saturated heterocycles. The van der Waals surface area contributed by atoms with Crippen LogP contribution >= 0.6 is 0 Å². The number of carbonyl (C=O) groups is 1. The number of ether oxygens (including phenoxy) is 6. The summed E-state index contributed by atoms with van der Waals surface area (Å²) in [6.45, 7) is 15.3. The molecule has 1 amide bonds. The minimum absolute atomic E-state index is 0.0255. The van der Waals surface area contributed by atoms with E-state index in [9.17, 15) is 23.3 Å². The highest BCUT2D eigenvalue weighted by atomic mass is 32.2. The number of H-pyrrole nitrogens is 1. The molecule has 7 aliphatic heterocycles. The number of aryl methyl sites for hydroxylation is 1. The van der Waals surface area contributed by atoms with E-state index in [2.05, 4.69) is 96.8 Å². The van der Waals surface area contributed by atoms with E-state index in [1.807, 2.05) is 30.5 Å². The van der Waals surface area contributed by atoms with E-state index in [0.717, 1.165) is 113 Å². The van der Waals surface area contributed by atoms with Crippen LogP contribution in [0.25, 0.3) is 11.0 Å². The first-order chi connectivity index (χ1) is 42.7. The zero-order valence-electron chi connectivity index (χ0n) is 50.5. The number of hydrogen-bond donors (Lipinski definition) is 3. The number of hydrogen-bond acceptors (Lipinski definition) is 19. The molecule has 10 heterocycles. The molecule has 88 heavy (non-hydrogen) atoms. The minimum atomic E-state index is -4.72. The molecule has 6 aromatic rings. The van der Waals surface area contributed by atoms with Crippen molar-refractivity contribution in [2.75, 3.05) is 113 Å². The van der Waals surface area contributed by atoms with Crippen LogP contribution in [0, 0.1) is 28.4 Å². The van der Waals surface area contributed by atoms with Gasteiger partial charge >= 0.3 is 0 Å². The second-order valence-corrected chi connectivity index (χ2v) is 27.1. The number of nitro groups is 1. The van der Waals surface area contributed by atoms with Crippen LogP contribution in [0.15, 0.2) is 90.1 Å². The number of morpholine rings is 1. The maximum absolute atomic E-state index is 15.0. The molecule has 3 aromatic carbocycles. The predicted molar refractivity (Wildman–Crippen MR) is 333 cm³/mol. The van der Waals surface area contributed by atoms with Crippen LogP contribution < -0.4 is 38.9 Å². The number of benzene rings is 3. The fraction of sp³-hybridized carbons (Fsp3) is 0.523. The number of nitrogens with zero attached hydrogens (tertiary/aromatic N) is 8.